The van der Waals surface area contributed by atoms with E-state index in [1.54, 1.807) is 14.2 Å². The van der Waals surface area contributed by atoms with Crippen LogP contribution in [0.4, 0.5) is 5.69 Å². The molecule has 2 aromatic carbocycles. The Morgan fingerprint density at radius 1 is 1.07 bits per heavy atom. The molecule has 1 aliphatic carbocycles. The molecule has 0 radical (unpaired) electrons. The van der Waals surface area contributed by atoms with Gasteiger partial charge in [-0.3, -0.25) is 0 Å². The van der Waals surface area contributed by atoms with Gasteiger partial charge in [-0.15, -0.1) is 24.0 Å². The Labute approximate surface area is 183 Å². The number of ether oxygens (including phenoxy) is 3. The molecule has 0 saturated heterocycles. The minimum atomic E-state index is 0. The third-order valence-corrected chi connectivity index (χ3v) is 4.65. The second kappa shape index (κ2) is 11.0. The molecule has 0 aromatic heterocycles. The molecule has 7 heteroatoms. The summed E-state index contributed by atoms with van der Waals surface area (Å²) in [6, 6.07) is 13.4. The van der Waals surface area contributed by atoms with Crippen LogP contribution in [0.5, 0.6) is 17.2 Å². The van der Waals surface area contributed by atoms with Crippen molar-refractivity contribution in [1.29, 1.82) is 0 Å². The average molecular weight is 497 g/mol. The van der Waals surface area contributed by atoms with Crippen molar-refractivity contribution in [2.45, 2.75) is 38.3 Å². The number of hydrogen-bond acceptors (Lipinski definition) is 4. The zero-order valence-corrected chi connectivity index (χ0v) is 18.6. The Balaban J connectivity index is 0.00000280. The number of nitrogens with zero attached hydrogens (tertiary/aromatic N) is 1. The van der Waals surface area contributed by atoms with Gasteiger partial charge in [-0.2, -0.15) is 0 Å². The lowest BCUT2D eigenvalue weighted by molar-refractivity contribution is 0.198. The number of guanidine groups is 1. The second-order valence-corrected chi connectivity index (χ2v) is 6.53. The summed E-state index contributed by atoms with van der Waals surface area (Å²) in [7, 11) is 3.29. The summed E-state index contributed by atoms with van der Waals surface area (Å²) >= 11 is 0. The van der Waals surface area contributed by atoms with Crippen molar-refractivity contribution in [1.82, 2.24) is 0 Å². The van der Waals surface area contributed by atoms with E-state index in [1.165, 1.54) is 12.8 Å². The molecule has 0 aliphatic heterocycles. The maximum atomic E-state index is 6.24. The number of anilines is 1. The molecular formula is C21H28IN3O3. The van der Waals surface area contributed by atoms with Crippen LogP contribution in [0.1, 0.15) is 31.2 Å². The summed E-state index contributed by atoms with van der Waals surface area (Å²) in [5, 5.41) is 3.08. The molecule has 28 heavy (non-hydrogen) atoms. The van der Waals surface area contributed by atoms with Crippen molar-refractivity contribution < 1.29 is 14.2 Å². The Hall–Kier alpha value is -2.16. The first-order valence-electron chi connectivity index (χ1n) is 9.23. The van der Waals surface area contributed by atoms with Crippen LogP contribution >= 0.6 is 24.0 Å². The first-order valence-corrected chi connectivity index (χ1v) is 9.23. The van der Waals surface area contributed by atoms with E-state index in [2.05, 4.69) is 10.3 Å². The van der Waals surface area contributed by atoms with Crippen LogP contribution < -0.4 is 25.3 Å². The van der Waals surface area contributed by atoms with Gasteiger partial charge in [-0.1, -0.05) is 12.1 Å². The number of methoxy groups -OCH3 is 2. The molecule has 1 fully saturated rings. The van der Waals surface area contributed by atoms with Crippen LogP contribution in [0, 0.1) is 0 Å². The number of benzene rings is 2. The molecule has 152 valence electrons. The molecule has 0 heterocycles. The average Bonchev–Trinajstić information content (AvgIpc) is 3.21. The van der Waals surface area contributed by atoms with Crippen LogP contribution in [-0.2, 0) is 6.54 Å². The number of nitrogens with two attached hydrogens (primary N) is 1. The van der Waals surface area contributed by atoms with E-state index in [0.717, 1.165) is 41.3 Å². The van der Waals surface area contributed by atoms with Gasteiger partial charge in [0.1, 0.15) is 5.75 Å². The van der Waals surface area contributed by atoms with E-state index in [9.17, 15) is 0 Å². The smallest absolute Gasteiger partial charge is 0.193 e. The number of hydrogen-bond donors (Lipinski definition) is 2. The summed E-state index contributed by atoms with van der Waals surface area (Å²) in [6.45, 7) is 0.411. The first-order chi connectivity index (χ1) is 13.2. The monoisotopic (exact) mass is 497 g/mol. The van der Waals surface area contributed by atoms with Gasteiger partial charge in [0.2, 0.25) is 0 Å². The number of nitrogens with one attached hydrogen (secondary N) is 1. The highest BCUT2D eigenvalue weighted by Gasteiger charge is 2.20. The molecule has 0 spiro atoms. The molecule has 3 N–H and O–H groups in total. The molecular weight excluding hydrogens is 469 g/mol. The Morgan fingerprint density at radius 3 is 2.43 bits per heavy atom. The van der Waals surface area contributed by atoms with Crippen molar-refractivity contribution in [3.05, 3.63) is 48.0 Å². The van der Waals surface area contributed by atoms with Gasteiger partial charge >= 0.3 is 0 Å². The Kier molecular flexibility index (Phi) is 8.69. The Bertz CT molecular complexity index is 775. The summed E-state index contributed by atoms with van der Waals surface area (Å²) in [6.07, 6.45) is 4.85. The van der Waals surface area contributed by atoms with Crippen molar-refractivity contribution in [2.24, 2.45) is 10.7 Å². The normalized spacial score (nSPS) is 14.3. The van der Waals surface area contributed by atoms with Crippen molar-refractivity contribution in [3.8, 4) is 17.2 Å². The minimum absolute atomic E-state index is 0. The lowest BCUT2D eigenvalue weighted by Gasteiger charge is -2.18. The summed E-state index contributed by atoms with van der Waals surface area (Å²) in [4.78, 5) is 4.46. The standard InChI is InChI=1S/C21H27N3O3.HI/c1-25-17-12-10-16(11-13-17)24-21(22)23-14-15-6-5-9-19(26-2)20(15)27-18-7-3-4-8-18;/h5-6,9-13,18H,3-4,7-8,14H2,1-2H3,(H3,22,23,24);1H. The van der Waals surface area contributed by atoms with Crippen LogP contribution in [-0.4, -0.2) is 26.3 Å². The van der Waals surface area contributed by atoms with Crippen LogP contribution in [0.3, 0.4) is 0 Å². The van der Waals surface area contributed by atoms with E-state index >= 15 is 0 Å². The molecule has 2 aromatic rings. The van der Waals surface area contributed by atoms with Gasteiger partial charge in [-0.25, -0.2) is 4.99 Å². The molecule has 6 nitrogen and oxygen atoms in total. The topological polar surface area (TPSA) is 78.1 Å². The van der Waals surface area contributed by atoms with Gasteiger partial charge < -0.3 is 25.3 Å². The maximum Gasteiger partial charge on any atom is 0.193 e. The van der Waals surface area contributed by atoms with E-state index in [4.69, 9.17) is 19.9 Å². The van der Waals surface area contributed by atoms with Crippen molar-refractivity contribution in [2.75, 3.05) is 19.5 Å². The fourth-order valence-electron chi connectivity index (χ4n) is 3.19. The largest absolute Gasteiger partial charge is 0.497 e. The highest BCUT2D eigenvalue weighted by Crippen LogP contribution is 2.35. The third kappa shape index (κ3) is 5.92. The predicted molar refractivity (Wildman–Crippen MR) is 123 cm³/mol. The summed E-state index contributed by atoms with van der Waals surface area (Å²) < 4.78 is 16.9. The van der Waals surface area contributed by atoms with Gasteiger partial charge in [-0.05, 0) is 56.0 Å². The molecule has 1 aliphatic rings. The Morgan fingerprint density at radius 2 is 1.79 bits per heavy atom. The van der Waals surface area contributed by atoms with Gasteiger partial charge in [0.25, 0.3) is 0 Å². The maximum absolute atomic E-state index is 6.24. The number of para-hydroxylation sites is 1. The van der Waals surface area contributed by atoms with Gasteiger partial charge in [0.05, 0.1) is 26.9 Å². The molecule has 0 amide bonds. The van der Waals surface area contributed by atoms with Crippen LogP contribution in [0.2, 0.25) is 0 Å². The lowest BCUT2D eigenvalue weighted by Crippen LogP contribution is -2.22. The number of aliphatic imine (C=N–C) groups is 1. The van der Waals surface area contributed by atoms with Crippen molar-refractivity contribution >= 4 is 35.6 Å². The van der Waals surface area contributed by atoms with Crippen molar-refractivity contribution in [3.63, 3.8) is 0 Å². The van der Waals surface area contributed by atoms with E-state index in [1.807, 2.05) is 42.5 Å². The number of halogens is 1. The zero-order chi connectivity index (χ0) is 19.1. The highest BCUT2D eigenvalue weighted by molar-refractivity contribution is 14.0. The SMILES string of the molecule is COc1ccc(NC(N)=NCc2cccc(OC)c2OC2CCCC2)cc1.I. The number of rotatable bonds is 7. The summed E-state index contributed by atoms with van der Waals surface area (Å²) in [5.74, 6) is 2.64. The van der Waals surface area contributed by atoms with Crippen LogP contribution in [0.15, 0.2) is 47.5 Å². The minimum Gasteiger partial charge on any atom is -0.497 e. The van der Waals surface area contributed by atoms with E-state index < -0.39 is 0 Å². The predicted octanol–water partition coefficient (Wildman–Crippen LogP) is 4.57. The zero-order valence-electron chi connectivity index (χ0n) is 16.3. The fraction of sp³-hybridized carbons (Fsp3) is 0.381. The first kappa shape index (κ1) is 22.1. The second-order valence-electron chi connectivity index (χ2n) is 6.53. The molecule has 1 saturated carbocycles. The lowest BCUT2D eigenvalue weighted by atomic mass is 10.1. The molecule has 3 rings (SSSR count). The molecule has 0 atom stereocenters. The fourth-order valence-corrected chi connectivity index (χ4v) is 3.19. The quantitative estimate of drug-likeness (QED) is 0.333. The van der Waals surface area contributed by atoms with Crippen LogP contribution in [0.25, 0.3) is 0 Å². The third-order valence-electron chi connectivity index (χ3n) is 4.65. The van der Waals surface area contributed by atoms with Gasteiger partial charge in [0, 0.05) is 11.3 Å². The summed E-state index contributed by atoms with van der Waals surface area (Å²) in [5.41, 5.74) is 7.85. The highest BCUT2D eigenvalue weighted by atomic mass is 127. The molecule has 0 unspecified atom stereocenters. The van der Waals surface area contributed by atoms with Gasteiger partial charge in [0.15, 0.2) is 17.5 Å². The van der Waals surface area contributed by atoms with E-state index in [-0.39, 0.29) is 30.1 Å². The molecule has 0 bridgehead atoms. The van der Waals surface area contributed by atoms with E-state index in [0.29, 0.717) is 12.5 Å².